The highest BCUT2D eigenvalue weighted by Crippen LogP contribution is 1.98. The standard InChI is InChI=1S/C6H11NO3/c1-3-10-5(7)4(2)6(8)9/h3,7H2,1-2H3,(H,8,9)/b5-4-. The number of nitrogens with two attached hydrogens (primary N) is 1. The molecule has 0 spiro atoms. The van der Waals surface area contributed by atoms with E-state index in [1.54, 1.807) is 6.92 Å². The van der Waals surface area contributed by atoms with Crippen LogP contribution in [0.5, 0.6) is 0 Å². The quantitative estimate of drug-likeness (QED) is 0.442. The Balaban J connectivity index is 4.19. The lowest BCUT2D eigenvalue weighted by Gasteiger charge is -2.03. The molecule has 0 aromatic carbocycles. The highest BCUT2D eigenvalue weighted by molar-refractivity contribution is 5.86. The molecule has 0 rings (SSSR count). The third-order valence-electron chi connectivity index (χ3n) is 0.990. The van der Waals surface area contributed by atoms with Gasteiger partial charge >= 0.3 is 5.97 Å². The lowest BCUT2D eigenvalue weighted by molar-refractivity contribution is -0.132. The summed E-state index contributed by atoms with van der Waals surface area (Å²) in [4.78, 5) is 10.2. The van der Waals surface area contributed by atoms with Crippen molar-refractivity contribution in [3.05, 3.63) is 11.5 Å². The maximum atomic E-state index is 10.2. The van der Waals surface area contributed by atoms with Gasteiger partial charge in [0.15, 0.2) is 5.88 Å². The summed E-state index contributed by atoms with van der Waals surface area (Å²) in [6, 6.07) is 0. The summed E-state index contributed by atoms with van der Waals surface area (Å²) in [5.74, 6) is -1.07. The molecular formula is C6H11NO3. The van der Waals surface area contributed by atoms with Crippen LogP contribution < -0.4 is 5.73 Å². The van der Waals surface area contributed by atoms with E-state index in [1.165, 1.54) is 6.92 Å². The van der Waals surface area contributed by atoms with Gasteiger partial charge in [-0.05, 0) is 13.8 Å². The number of hydrogen-bond donors (Lipinski definition) is 2. The predicted molar refractivity (Wildman–Crippen MR) is 36.1 cm³/mol. The average molecular weight is 145 g/mol. The molecule has 0 aromatic heterocycles. The van der Waals surface area contributed by atoms with Gasteiger partial charge in [0.2, 0.25) is 0 Å². The van der Waals surface area contributed by atoms with Crippen LogP contribution in [0.1, 0.15) is 13.8 Å². The summed E-state index contributed by atoms with van der Waals surface area (Å²) < 4.78 is 4.74. The van der Waals surface area contributed by atoms with Crippen molar-refractivity contribution in [1.82, 2.24) is 0 Å². The number of aliphatic carboxylic acids is 1. The summed E-state index contributed by atoms with van der Waals surface area (Å²) in [6.07, 6.45) is 0. The zero-order valence-electron chi connectivity index (χ0n) is 6.05. The van der Waals surface area contributed by atoms with Crippen molar-refractivity contribution in [2.24, 2.45) is 5.73 Å². The molecule has 0 saturated carbocycles. The topological polar surface area (TPSA) is 72.5 Å². The molecule has 0 aliphatic carbocycles. The second-order valence-corrected chi connectivity index (χ2v) is 1.73. The summed E-state index contributed by atoms with van der Waals surface area (Å²) in [7, 11) is 0. The van der Waals surface area contributed by atoms with E-state index in [9.17, 15) is 4.79 Å². The van der Waals surface area contributed by atoms with Crippen LogP contribution in [0.4, 0.5) is 0 Å². The molecule has 0 atom stereocenters. The van der Waals surface area contributed by atoms with E-state index in [4.69, 9.17) is 15.6 Å². The molecule has 58 valence electrons. The van der Waals surface area contributed by atoms with Crippen LogP contribution >= 0.6 is 0 Å². The maximum absolute atomic E-state index is 10.2. The van der Waals surface area contributed by atoms with E-state index in [-0.39, 0.29) is 11.5 Å². The Morgan fingerprint density at radius 2 is 2.20 bits per heavy atom. The van der Waals surface area contributed by atoms with Gasteiger partial charge in [-0.1, -0.05) is 0 Å². The van der Waals surface area contributed by atoms with Crippen molar-refractivity contribution in [3.8, 4) is 0 Å². The van der Waals surface area contributed by atoms with Crippen LogP contribution in [0.3, 0.4) is 0 Å². The van der Waals surface area contributed by atoms with Gasteiger partial charge in [0.1, 0.15) is 0 Å². The minimum atomic E-state index is -1.05. The van der Waals surface area contributed by atoms with Crippen molar-refractivity contribution in [2.45, 2.75) is 13.8 Å². The molecule has 0 fully saturated rings. The van der Waals surface area contributed by atoms with Crippen molar-refractivity contribution in [2.75, 3.05) is 6.61 Å². The van der Waals surface area contributed by atoms with Crippen molar-refractivity contribution >= 4 is 5.97 Å². The first-order valence-corrected chi connectivity index (χ1v) is 2.92. The normalized spacial score (nSPS) is 12.2. The molecule has 4 heteroatoms. The first kappa shape index (κ1) is 8.81. The Bertz CT molecular complexity index is 162. The smallest absolute Gasteiger partial charge is 0.336 e. The average Bonchev–Trinajstić information content (AvgIpc) is 1.87. The number of carboxylic acid groups (broad SMARTS) is 1. The number of rotatable bonds is 3. The van der Waals surface area contributed by atoms with Crippen LogP contribution in [0.2, 0.25) is 0 Å². The molecule has 0 unspecified atom stereocenters. The lowest BCUT2D eigenvalue weighted by Crippen LogP contribution is -2.10. The molecule has 0 heterocycles. The first-order chi connectivity index (χ1) is 4.59. The van der Waals surface area contributed by atoms with E-state index in [0.717, 1.165) is 0 Å². The number of carbonyl (C=O) groups is 1. The van der Waals surface area contributed by atoms with E-state index >= 15 is 0 Å². The van der Waals surface area contributed by atoms with Gasteiger partial charge in [0.25, 0.3) is 0 Å². The SMILES string of the molecule is CCO/C(N)=C(/C)C(=O)O. The Morgan fingerprint density at radius 1 is 1.70 bits per heavy atom. The van der Waals surface area contributed by atoms with Crippen molar-refractivity contribution < 1.29 is 14.6 Å². The monoisotopic (exact) mass is 145 g/mol. The third-order valence-corrected chi connectivity index (χ3v) is 0.990. The van der Waals surface area contributed by atoms with Crippen LogP contribution in [0.25, 0.3) is 0 Å². The number of hydrogen-bond acceptors (Lipinski definition) is 3. The summed E-state index contributed by atoms with van der Waals surface area (Å²) in [5.41, 5.74) is 5.25. The minimum absolute atomic E-state index is 0.0185. The van der Waals surface area contributed by atoms with E-state index in [2.05, 4.69) is 0 Å². The van der Waals surface area contributed by atoms with Gasteiger partial charge in [0, 0.05) is 0 Å². The van der Waals surface area contributed by atoms with Gasteiger partial charge < -0.3 is 15.6 Å². The highest BCUT2D eigenvalue weighted by atomic mass is 16.5. The summed E-state index contributed by atoms with van der Waals surface area (Å²) in [5, 5.41) is 8.36. The second-order valence-electron chi connectivity index (χ2n) is 1.73. The Kier molecular flexibility index (Phi) is 3.32. The Hall–Kier alpha value is -1.19. The molecule has 4 nitrogen and oxygen atoms in total. The minimum Gasteiger partial charge on any atom is -0.479 e. The lowest BCUT2D eigenvalue weighted by atomic mass is 10.3. The van der Waals surface area contributed by atoms with Crippen LogP contribution in [-0.2, 0) is 9.53 Å². The fraction of sp³-hybridized carbons (Fsp3) is 0.500. The molecule has 0 saturated heterocycles. The molecule has 10 heavy (non-hydrogen) atoms. The van der Waals surface area contributed by atoms with E-state index < -0.39 is 5.97 Å². The van der Waals surface area contributed by atoms with Crippen molar-refractivity contribution in [3.63, 3.8) is 0 Å². The van der Waals surface area contributed by atoms with Gasteiger partial charge in [0.05, 0.1) is 12.2 Å². The highest BCUT2D eigenvalue weighted by Gasteiger charge is 2.05. The molecule has 0 amide bonds. The Labute approximate surface area is 59.3 Å². The van der Waals surface area contributed by atoms with Gasteiger partial charge in [-0.25, -0.2) is 4.79 Å². The van der Waals surface area contributed by atoms with Gasteiger partial charge in [-0.2, -0.15) is 0 Å². The van der Waals surface area contributed by atoms with Crippen LogP contribution in [0, 0.1) is 0 Å². The van der Waals surface area contributed by atoms with Gasteiger partial charge in [-0.15, -0.1) is 0 Å². The van der Waals surface area contributed by atoms with E-state index in [1.807, 2.05) is 0 Å². The molecular weight excluding hydrogens is 134 g/mol. The predicted octanol–water partition coefficient (Wildman–Crippen LogP) is 0.298. The third kappa shape index (κ3) is 2.39. The van der Waals surface area contributed by atoms with E-state index in [0.29, 0.717) is 6.61 Å². The summed E-state index contributed by atoms with van der Waals surface area (Å²) >= 11 is 0. The zero-order chi connectivity index (χ0) is 8.15. The maximum Gasteiger partial charge on any atom is 0.336 e. The number of carboxylic acids is 1. The molecule has 3 N–H and O–H groups in total. The molecule has 0 bridgehead atoms. The zero-order valence-corrected chi connectivity index (χ0v) is 6.05. The molecule has 0 radical (unpaired) electrons. The fourth-order valence-corrected chi connectivity index (χ4v) is 0.369. The molecule has 0 aliphatic rings. The van der Waals surface area contributed by atoms with Crippen molar-refractivity contribution in [1.29, 1.82) is 0 Å². The van der Waals surface area contributed by atoms with Crippen LogP contribution in [-0.4, -0.2) is 17.7 Å². The fourth-order valence-electron chi connectivity index (χ4n) is 0.369. The Morgan fingerprint density at radius 3 is 2.50 bits per heavy atom. The summed E-state index contributed by atoms with van der Waals surface area (Å²) in [6.45, 7) is 3.52. The van der Waals surface area contributed by atoms with Gasteiger partial charge in [-0.3, -0.25) is 0 Å². The van der Waals surface area contributed by atoms with Crippen LogP contribution in [0.15, 0.2) is 11.5 Å². The molecule has 0 aliphatic heterocycles. The number of ether oxygens (including phenoxy) is 1. The molecule has 0 aromatic rings. The first-order valence-electron chi connectivity index (χ1n) is 2.92. The largest absolute Gasteiger partial charge is 0.479 e. The second kappa shape index (κ2) is 3.76.